The molecule has 2 amide bonds. The quantitative estimate of drug-likeness (QED) is 0.859. The molecule has 1 aliphatic heterocycles. The molecule has 8 nitrogen and oxygen atoms in total. The summed E-state index contributed by atoms with van der Waals surface area (Å²) < 4.78 is 1.71. The van der Waals surface area contributed by atoms with Gasteiger partial charge in [-0.25, -0.2) is 0 Å². The van der Waals surface area contributed by atoms with E-state index in [0.717, 1.165) is 6.42 Å². The molecule has 8 heteroatoms. The third-order valence-electron chi connectivity index (χ3n) is 4.34. The van der Waals surface area contributed by atoms with Crippen molar-refractivity contribution in [3.8, 4) is 0 Å². The molecule has 0 saturated carbocycles. The summed E-state index contributed by atoms with van der Waals surface area (Å²) in [5.41, 5.74) is 0.560. The molecule has 1 fully saturated rings. The van der Waals surface area contributed by atoms with Gasteiger partial charge < -0.3 is 14.9 Å². The van der Waals surface area contributed by atoms with Crippen LogP contribution in [0.2, 0.25) is 0 Å². The summed E-state index contributed by atoms with van der Waals surface area (Å²) in [5.74, 6) is -1.33. The van der Waals surface area contributed by atoms with Gasteiger partial charge in [-0.3, -0.25) is 19.1 Å². The van der Waals surface area contributed by atoms with E-state index in [9.17, 15) is 14.4 Å². The van der Waals surface area contributed by atoms with Crippen LogP contribution in [0.4, 0.5) is 0 Å². The Bertz CT molecular complexity index is 613. The molecular formula is C16H24N4O4. The summed E-state index contributed by atoms with van der Waals surface area (Å²) in [7, 11) is 0. The van der Waals surface area contributed by atoms with E-state index in [1.54, 1.807) is 22.0 Å². The van der Waals surface area contributed by atoms with E-state index in [-0.39, 0.29) is 24.4 Å². The Morgan fingerprint density at radius 3 is 2.67 bits per heavy atom. The number of aliphatic carboxylic acids is 1. The van der Waals surface area contributed by atoms with Crippen LogP contribution in [0.1, 0.15) is 43.5 Å². The van der Waals surface area contributed by atoms with Crippen molar-refractivity contribution in [3.63, 3.8) is 0 Å². The third kappa shape index (κ3) is 4.33. The minimum absolute atomic E-state index is 0.0667. The lowest BCUT2D eigenvalue weighted by molar-refractivity contribution is -0.145. The molecule has 0 aromatic carbocycles. The normalized spacial score (nSPS) is 18.1. The van der Waals surface area contributed by atoms with Gasteiger partial charge in [0.1, 0.15) is 6.54 Å². The van der Waals surface area contributed by atoms with Crippen molar-refractivity contribution in [2.45, 2.75) is 45.7 Å². The van der Waals surface area contributed by atoms with Gasteiger partial charge >= 0.3 is 5.97 Å². The second-order valence-corrected chi connectivity index (χ2v) is 6.00. The van der Waals surface area contributed by atoms with Crippen molar-refractivity contribution < 1.29 is 19.5 Å². The molecule has 1 unspecified atom stereocenters. The Balaban J connectivity index is 2.02. The van der Waals surface area contributed by atoms with E-state index in [1.807, 2.05) is 6.92 Å². The van der Waals surface area contributed by atoms with Crippen molar-refractivity contribution in [1.82, 2.24) is 19.6 Å². The van der Waals surface area contributed by atoms with E-state index in [4.69, 9.17) is 5.11 Å². The van der Waals surface area contributed by atoms with Crippen LogP contribution in [-0.4, -0.2) is 68.1 Å². The Morgan fingerprint density at radius 2 is 2.08 bits per heavy atom. The number of hydrogen-bond donors (Lipinski definition) is 1. The van der Waals surface area contributed by atoms with Crippen molar-refractivity contribution in [3.05, 3.63) is 18.0 Å². The number of carboxylic acids is 1. The van der Waals surface area contributed by atoms with Gasteiger partial charge in [-0.1, -0.05) is 0 Å². The fraction of sp³-hybridized carbons (Fsp3) is 0.625. The summed E-state index contributed by atoms with van der Waals surface area (Å²) in [5, 5.41) is 13.1. The second kappa shape index (κ2) is 7.94. The Labute approximate surface area is 141 Å². The van der Waals surface area contributed by atoms with Gasteiger partial charge in [0.25, 0.3) is 5.91 Å². The fourth-order valence-electron chi connectivity index (χ4n) is 3.07. The number of carbonyl (C=O) groups excluding carboxylic acids is 2. The first-order valence-electron chi connectivity index (χ1n) is 8.23. The van der Waals surface area contributed by atoms with Gasteiger partial charge in [0, 0.05) is 38.8 Å². The highest BCUT2D eigenvalue weighted by atomic mass is 16.4. The molecular weight excluding hydrogens is 312 g/mol. The van der Waals surface area contributed by atoms with Gasteiger partial charge in [-0.2, -0.15) is 5.10 Å². The number of hydrogen-bond acceptors (Lipinski definition) is 4. The van der Waals surface area contributed by atoms with E-state index in [2.05, 4.69) is 5.10 Å². The van der Waals surface area contributed by atoms with Crippen molar-refractivity contribution in [1.29, 1.82) is 0 Å². The Kier molecular flexibility index (Phi) is 5.94. The van der Waals surface area contributed by atoms with Crippen molar-refractivity contribution in [2.24, 2.45) is 0 Å². The molecule has 1 N–H and O–H groups in total. The average Bonchev–Trinajstić information content (AvgIpc) is 2.89. The maximum absolute atomic E-state index is 12.6. The smallest absolute Gasteiger partial charge is 0.323 e. The monoisotopic (exact) mass is 336 g/mol. The zero-order chi connectivity index (χ0) is 17.7. The number of nitrogens with zero attached hydrogens (tertiary/aromatic N) is 4. The minimum Gasteiger partial charge on any atom is -0.480 e. The standard InChI is InChI=1S/C16H24N4O4/c1-3-19-10-13(9-17-19)16(24)18-7-4-5-14(6-8-18)20(12(2)21)11-15(22)23/h9-10,14H,3-8,11H2,1-2H3,(H,22,23). The molecule has 1 aromatic rings. The van der Waals surface area contributed by atoms with Crippen molar-refractivity contribution >= 4 is 17.8 Å². The lowest BCUT2D eigenvalue weighted by Crippen LogP contribution is -2.43. The molecule has 0 radical (unpaired) electrons. The first kappa shape index (κ1) is 18.0. The van der Waals surface area contributed by atoms with Crippen LogP contribution in [0.3, 0.4) is 0 Å². The molecule has 2 heterocycles. The Morgan fingerprint density at radius 1 is 1.33 bits per heavy atom. The molecule has 1 aliphatic rings. The lowest BCUT2D eigenvalue weighted by atomic mass is 10.1. The number of carbonyl (C=O) groups is 3. The molecule has 2 rings (SSSR count). The predicted molar refractivity (Wildman–Crippen MR) is 86.5 cm³/mol. The molecule has 132 valence electrons. The number of likely N-dealkylation sites (tertiary alicyclic amines) is 1. The van der Waals surface area contributed by atoms with Gasteiger partial charge in [0.05, 0.1) is 11.8 Å². The van der Waals surface area contributed by atoms with Crippen LogP contribution in [0.5, 0.6) is 0 Å². The molecule has 0 bridgehead atoms. The molecule has 0 aliphatic carbocycles. The van der Waals surface area contributed by atoms with Crippen LogP contribution in [-0.2, 0) is 16.1 Å². The van der Waals surface area contributed by atoms with Crippen LogP contribution in [0, 0.1) is 0 Å². The first-order chi connectivity index (χ1) is 11.4. The molecule has 1 saturated heterocycles. The average molecular weight is 336 g/mol. The molecule has 24 heavy (non-hydrogen) atoms. The van der Waals surface area contributed by atoms with Crippen LogP contribution in [0.15, 0.2) is 12.4 Å². The second-order valence-electron chi connectivity index (χ2n) is 6.00. The third-order valence-corrected chi connectivity index (χ3v) is 4.34. The summed E-state index contributed by atoms with van der Waals surface area (Å²) in [4.78, 5) is 38.4. The zero-order valence-electron chi connectivity index (χ0n) is 14.1. The number of carboxylic acid groups (broad SMARTS) is 1. The molecule has 1 aromatic heterocycles. The Hall–Kier alpha value is -2.38. The summed E-state index contributed by atoms with van der Waals surface area (Å²) in [6.07, 6.45) is 5.32. The van der Waals surface area contributed by atoms with Gasteiger partial charge in [-0.05, 0) is 26.2 Å². The van der Waals surface area contributed by atoms with E-state index in [1.165, 1.54) is 11.8 Å². The van der Waals surface area contributed by atoms with E-state index < -0.39 is 5.97 Å². The summed E-state index contributed by atoms with van der Waals surface area (Å²) in [6, 6.07) is -0.144. The number of rotatable bonds is 5. The molecule has 1 atom stereocenters. The molecule has 0 spiro atoms. The topological polar surface area (TPSA) is 95.7 Å². The van der Waals surface area contributed by atoms with E-state index in [0.29, 0.717) is 38.0 Å². The lowest BCUT2D eigenvalue weighted by Gasteiger charge is -2.28. The van der Waals surface area contributed by atoms with Crippen molar-refractivity contribution in [2.75, 3.05) is 19.6 Å². The minimum atomic E-state index is -1.02. The van der Waals surface area contributed by atoms with Crippen LogP contribution < -0.4 is 0 Å². The van der Waals surface area contributed by atoms with Gasteiger partial charge in [0.2, 0.25) is 5.91 Å². The summed E-state index contributed by atoms with van der Waals surface area (Å²) in [6.45, 7) is 4.86. The number of amides is 2. The van der Waals surface area contributed by atoms with Crippen LogP contribution in [0.25, 0.3) is 0 Å². The first-order valence-corrected chi connectivity index (χ1v) is 8.23. The largest absolute Gasteiger partial charge is 0.480 e. The maximum atomic E-state index is 12.6. The number of aryl methyl sites for hydroxylation is 1. The van der Waals surface area contributed by atoms with Gasteiger partial charge in [0.15, 0.2) is 0 Å². The van der Waals surface area contributed by atoms with Crippen LogP contribution >= 0.6 is 0 Å². The number of aromatic nitrogens is 2. The highest BCUT2D eigenvalue weighted by Gasteiger charge is 2.28. The highest BCUT2D eigenvalue weighted by molar-refractivity contribution is 5.93. The SMILES string of the molecule is CCn1cc(C(=O)N2CCCC(N(CC(=O)O)C(C)=O)CC2)cn1. The summed E-state index contributed by atoms with van der Waals surface area (Å²) >= 11 is 0. The van der Waals surface area contributed by atoms with Gasteiger partial charge in [-0.15, -0.1) is 0 Å². The predicted octanol–water partition coefficient (Wildman–Crippen LogP) is 0.831. The highest BCUT2D eigenvalue weighted by Crippen LogP contribution is 2.19. The van der Waals surface area contributed by atoms with E-state index >= 15 is 0 Å². The zero-order valence-corrected chi connectivity index (χ0v) is 14.1. The maximum Gasteiger partial charge on any atom is 0.323 e. The fourth-order valence-corrected chi connectivity index (χ4v) is 3.07.